The molecule has 0 aliphatic carbocycles. The first kappa shape index (κ1) is 18.7. The number of piperidine rings is 1. The molecule has 0 atom stereocenters. The number of nitro benzene ring substituents is 1. The molecule has 1 amide bonds. The summed E-state index contributed by atoms with van der Waals surface area (Å²) in [5.41, 5.74) is 0.218. The normalized spacial score (nSPS) is 16.5. The first-order valence-corrected chi connectivity index (χ1v) is 7.22. The van der Waals surface area contributed by atoms with Gasteiger partial charge in [0.1, 0.15) is 0 Å². The lowest BCUT2D eigenvalue weighted by molar-refractivity contribution is -0.384. The second kappa shape index (κ2) is 7.76. The van der Waals surface area contributed by atoms with E-state index in [0.29, 0.717) is 6.54 Å². The highest BCUT2D eigenvalue weighted by Crippen LogP contribution is 2.27. The molecule has 0 radical (unpaired) electrons. The van der Waals surface area contributed by atoms with Crippen molar-refractivity contribution in [2.45, 2.75) is 19.8 Å². The van der Waals surface area contributed by atoms with Gasteiger partial charge in [-0.1, -0.05) is 18.5 Å². The maximum absolute atomic E-state index is 12.2. The Bertz CT molecular complexity index is 560. The van der Waals surface area contributed by atoms with Crippen LogP contribution < -0.4 is 10.6 Å². The zero-order valence-electron chi connectivity index (χ0n) is 12.2. The van der Waals surface area contributed by atoms with E-state index in [2.05, 4.69) is 17.6 Å². The number of carbonyl (C=O) groups is 1. The summed E-state index contributed by atoms with van der Waals surface area (Å²) in [6.07, 6.45) is 2.00. The van der Waals surface area contributed by atoms with Crippen molar-refractivity contribution in [3.8, 4) is 0 Å². The summed E-state index contributed by atoms with van der Waals surface area (Å²) >= 11 is 5.95. The lowest BCUT2D eigenvalue weighted by atomic mass is 9.81. The summed E-state index contributed by atoms with van der Waals surface area (Å²) in [6.45, 7) is 4.61. The van der Waals surface area contributed by atoms with Crippen LogP contribution in [-0.2, 0) is 0 Å². The van der Waals surface area contributed by atoms with Gasteiger partial charge in [0.25, 0.3) is 11.6 Å². The minimum absolute atomic E-state index is 0. The molecule has 1 aromatic carbocycles. The minimum atomic E-state index is -0.538. The van der Waals surface area contributed by atoms with Gasteiger partial charge in [0, 0.05) is 18.7 Å². The average molecular weight is 348 g/mol. The summed E-state index contributed by atoms with van der Waals surface area (Å²) in [5, 5.41) is 16.9. The number of rotatable bonds is 4. The summed E-state index contributed by atoms with van der Waals surface area (Å²) in [4.78, 5) is 22.3. The van der Waals surface area contributed by atoms with E-state index in [-0.39, 0.29) is 40.0 Å². The molecule has 122 valence electrons. The van der Waals surface area contributed by atoms with Crippen LogP contribution in [-0.4, -0.2) is 30.5 Å². The monoisotopic (exact) mass is 347 g/mol. The first-order valence-electron chi connectivity index (χ1n) is 6.84. The topological polar surface area (TPSA) is 84.3 Å². The second-order valence-electron chi connectivity index (χ2n) is 5.66. The van der Waals surface area contributed by atoms with Crippen LogP contribution in [0.4, 0.5) is 5.69 Å². The Hall–Kier alpha value is -1.37. The van der Waals surface area contributed by atoms with Crippen molar-refractivity contribution in [3.63, 3.8) is 0 Å². The Morgan fingerprint density at radius 2 is 2.09 bits per heavy atom. The number of hydrogen-bond acceptors (Lipinski definition) is 4. The molecule has 0 bridgehead atoms. The number of nitrogens with one attached hydrogen (secondary N) is 2. The van der Waals surface area contributed by atoms with Gasteiger partial charge in [0.05, 0.1) is 15.5 Å². The molecular weight excluding hydrogens is 329 g/mol. The third-order valence-corrected chi connectivity index (χ3v) is 4.21. The Kier molecular flexibility index (Phi) is 6.59. The third kappa shape index (κ3) is 4.56. The predicted molar refractivity (Wildman–Crippen MR) is 87.9 cm³/mol. The van der Waals surface area contributed by atoms with Gasteiger partial charge in [-0.05, 0) is 37.4 Å². The Morgan fingerprint density at radius 1 is 1.45 bits per heavy atom. The van der Waals surface area contributed by atoms with Crippen LogP contribution >= 0.6 is 24.0 Å². The molecule has 0 aromatic heterocycles. The van der Waals surface area contributed by atoms with E-state index < -0.39 is 4.92 Å². The number of non-ortho nitro benzene ring substituents is 1. The van der Waals surface area contributed by atoms with Crippen LogP contribution in [0.1, 0.15) is 30.1 Å². The molecule has 22 heavy (non-hydrogen) atoms. The number of hydrogen-bond donors (Lipinski definition) is 2. The van der Waals surface area contributed by atoms with Crippen LogP contribution in [0.2, 0.25) is 5.02 Å². The van der Waals surface area contributed by atoms with Crippen molar-refractivity contribution in [2.75, 3.05) is 19.6 Å². The highest BCUT2D eigenvalue weighted by molar-refractivity contribution is 6.34. The molecule has 0 unspecified atom stereocenters. The van der Waals surface area contributed by atoms with Gasteiger partial charge in [0.2, 0.25) is 0 Å². The lowest BCUT2D eigenvalue weighted by Gasteiger charge is -2.34. The highest BCUT2D eigenvalue weighted by Gasteiger charge is 2.27. The Balaban J connectivity index is 0.00000242. The number of benzene rings is 1. The zero-order valence-corrected chi connectivity index (χ0v) is 13.8. The Morgan fingerprint density at radius 3 is 2.64 bits per heavy atom. The van der Waals surface area contributed by atoms with Crippen molar-refractivity contribution in [3.05, 3.63) is 38.9 Å². The van der Waals surface area contributed by atoms with Crippen molar-refractivity contribution < 1.29 is 9.72 Å². The molecule has 8 heteroatoms. The fourth-order valence-electron chi connectivity index (χ4n) is 2.40. The van der Waals surface area contributed by atoms with Crippen molar-refractivity contribution in [2.24, 2.45) is 5.41 Å². The largest absolute Gasteiger partial charge is 0.351 e. The summed E-state index contributed by atoms with van der Waals surface area (Å²) < 4.78 is 0. The molecule has 1 aliphatic rings. The van der Waals surface area contributed by atoms with Crippen molar-refractivity contribution >= 4 is 35.6 Å². The zero-order chi connectivity index (χ0) is 15.5. The smallest absolute Gasteiger partial charge is 0.270 e. The molecule has 1 aliphatic heterocycles. The number of carbonyl (C=O) groups excluding carboxylic acids is 1. The van der Waals surface area contributed by atoms with Gasteiger partial charge >= 0.3 is 0 Å². The summed E-state index contributed by atoms with van der Waals surface area (Å²) in [5.74, 6) is -0.297. The van der Waals surface area contributed by atoms with Gasteiger partial charge in [-0.3, -0.25) is 14.9 Å². The van der Waals surface area contributed by atoms with E-state index in [1.165, 1.54) is 18.2 Å². The SMILES string of the molecule is CC1(CNC(=O)c2ccc([N+](=O)[O-])cc2Cl)CCNCC1.Cl. The molecule has 1 aromatic rings. The number of amides is 1. The molecule has 1 saturated heterocycles. The van der Waals surface area contributed by atoms with E-state index in [0.717, 1.165) is 25.9 Å². The second-order valence-corrected chi connectivity index (χ2v) is 6.07. The molecule has 2 rings (SSSR count). The average Bonchev–Trinajstić information content (AvgIpc) is 2.45. The van der Waals surface area contributed by atoms with Crippen LogP contribution in [0.3, 0.4) is 0 Å². The summed E-state index contributed by atoms with van der Waals surface area (Å²) in [7, 11) is 0. The first-order chi connectivity index (χ1) is 9.91. The minimum Gasteiger partial charge on any atom is -0.351 e. The summed E-state index contributed by atoms with van der Waals surface area (Å²) in [6, 6.07) is 3.87. The molecule has 1 heterocycles. The van der Waals surface area contributed by atoms with Crippen LogP contribution in [0.15, 0.2) is 18.2 Å². The molecule has 0 spiro atoms. The van der Waals surface area contributed by atoms with Crippen LogP contribution in [0.5, 0.6) is 0 Å². The molecule has 6 nitrogen and oxygen atoms in total. The van der Waals surface area contributed by atoms with Gasteiger partial charge in [-0.15, -0.1) is 12.4 Å². The van der Waals surface area contributed by atoms with Gasteiger partial charge in [-0.25, -0.2) is 0 Å². The van der Waals surface area contributed by atoms with E-state index >= 15 is 0 Å². The molecule has 1 fully saturated rings. The van der Waals surface area contributed by atoms with Gasteiger partial charge in [0.15, 0.2) is 0 Å². The third-order valence-electron chi connectivity index (χ3n) is 3.89. The number of halogens is 2. The van der Waals surface area contributed by atoms with Crippen LogP contribution in [0, 0.1) is 15.5 Å². The van der Waals surface area contributed by atoms with E-state index in [1.54, 1.807) is 0 Å². The predicted octanol–water partition coefficient (Wildman–Crippen LogP) is 2.79. The molecule has 0 saturated carbocycles. The van der Waals surface area contributed by atoms with Gasteiger partial charge < -0.3 is 10.6 Å². The standard InChI is InChI=1S/C14H18ClN3O3.ClH/c1-14(4-6-16-7-5-14)9-17-13(19)11-3-2-10(18(20)21)8-12(11)15;/h2-3,8,16H,4-7,9H2,1H3,(H,17,19);1H. The highest BCUT2D eigenvalue weighted by atomic mass is 35.5. The molecule has 2 N–H and O–H groups in total. The fraction of sp³-hybridized carbons (Fsp3) is 0.500. The fourth-order valence-corrected chi connectivity index (χ4v) is 2.66. The van der Waals surface area contributed by atoms with Crippen LogP contribution in [0.25, 0.3) is 0 Å². The van der Waals surface area contributed by atoms with E-state index in [1.807, 2.05) is 0 Å². The maximum atomic E-state index is 12.2. The Labute approximate surface area is 140 Å². The maximum Gasteiger partial charge on any atom is 0.270 e. The lowest BCUT2D eigenvalue weighted by Crippen LogP contribution is -2.42. The number of nitrogens with zero attached hydrogens (tertiary/aromatic N) is 1. The van der Waals surface area contributed by atoms with Crippen molar-refractivity contribution in [1.82, 2.24) is 10.6 Å². The molecular formula is C14H19Cl2N3O3. The van der Waals surface area contributed by atoms with Crippen molar-refractivity contribution in [1.29, 1.82) is 0 Å². The van der Waals surface area contributed by atoms with E-state index in [4.69, 9.17) is 11.6 Å². The van der Waals surface area contributed by atoms with E-state index in [9.17, 15) is 14.9 Å². The quantitative estimate of drug-likeness (QED) is 0.647. The van der Waals surface area contributed by atoms with Gasteiger partial charge in [-0.2, -0.15) is 0 Å². The number of nitro groups is 1.